The Bertz CT molecular complexity index is 893. The zero-order chi connectivity index (χ0) is 18.7. The largest absolute Gasteiger partial charge is 0.378 e. The molecule has 1 aromatic heterocycles. The van der Waals surface area contributed by atoms with Gasteiger partial charge in [-0.2, -0.15) is 0 Å². The number of hydrogen-bond donors (Lipinski definition) is 0. The number of aromatic nitrogens is 2. The van der Waals surface area contributed by atoms with Crippen LogP contribution in [0, 0.1) is 0 Å². The fourth-order valence-electron chi connectivity index (χ4n) is 2.80. The first kappa shape index (κ1) is 18.9. The van der Waals surface area contributed by atoms with Gasteiger partial charge in [0.25, 0.3) is 5.56 Å². The van der Waals surface area contributed by atoms with Crippen molar-refractivity contribution >= 4 is 40.2 Å². The van der Waals surface area contributed by atoms with Crippen molar-refractivity contribution in [2.45, 2.75) is 23.9 Å². The third-order valence-corrected chi connectivity index (χ3v) is 5.46. The molecule has 0 radical (unpaired) electrons. The number of carbonyl (C=O) groups is 1. The fraction of sp³-hybridized carbons (Fsp3) is 0.389. The van der Waals surface area contributed by atoms with Gasteiger partial charge in [-0.05, 0) is 25.1 Å². The van der Waals surface area contributed by atoms with Crippen molar-refractivity contribution in [1.29, 1.82) is 0 Å². The van der Waals surface area contributed by atoms with Crippen LogP contribution in [0.15, 0.2) is 40.8 Å². The average molecular weight is 394 g/mol. The molecule has 1 aliphatic heterocycles. The van der Waals surface area contributed by atoms with E-state index in [2.05, 4.69) is 11.6 Å². The van der Waals surface area contributed by atoms with Gasteiger partial charge in [0.2, 0.25) is 5.91 Å². The van der Waals surface area contributed by atoms with Gasteiger partial charge in [-0.3, -0.25) is 14.2 Å². The van der Waals surface area contributed by atoms with Crippen LogP contribution in [0.3, 0.4) is 0 Å². The number of nitrogens with zero attached hydrogens (tertiary/aromatic N) is 3. The summed E-state index contributed by atoms with van der Waals surface area (Å²) in [5, 5.41) is 1.12. The number of halogens is 1. The van der Waals surface area contributed by atoms with E-state index >= 15 is 0 Å². The summed E-state index contributed by atoms with van der Waals surface area (Å²) < 4.78 is 6.83. The maximum atomic E-state index is 12.8. The minimum atomic E-state index is -0.368. The number of carbonyl (C=O) groups excluding carboxylic acids is 1. The normalized spacial score (nSPS) is 15.8. The van der Waals surface area contributed by atoms with E-state index in [1.807, 2.05) is 6.92 Å². The highest BCUT2D eigenvalue weighted by Gasteiger charge is 2.25. The van der Waals surface area contributed by atoms with Crippen molar-refractivity contribution in [2.75, 3.05) is 26.3 Å². The van der Waals surface area contributed by atoms with Gasteiger partial charge in [-0.25, -0.2) is 4.98 Å². The van der Waals surface area contributed by atoms with Gasteiger partial charge < -0.3 is 9.64 Å². The predicted octanol–water partition coefficient (Wildman–Crippen LogP) is 2.58. The molecule has 26 heavy (non-hydrogen) atoms. The molecule has 8 heteroatoms. The SMILES string of the molecule is C=CCn1c(SC(C)C(=O)N2CCOCC2)nc2cc(Cl)ccc2c1=O. The van der Waals surface area contributed by atoms with Crippen LogP contribution >= 0.6 is 23.4 Å². The van der Waals surface area contributed by atoms with Crippen LogP contribution in [0.4, 0.5) is 0 Å². The van der Waals surface area contributed by atoms with Gasteiger partial charge in [0.05, 0.1) is 29.4 Å². The van der Waals surface area contributed by atoms with E-state index in [1.54, 1.807) is 29.2 Å². The van der Waals surface area contributed by atoms with Crippen LogP contribution in [0.1, 0.15) is 6.92 Å². The summed E-state index contributed by atoms with van der Waals surface area (Å²) in [5.74, 6) is 0.0175. The number of benzene rings is 1. The van der Waals surface area contributed by atoms with E-state index in [9.17, 15) is 9.59 Å². The quantitative estimate of drug-likeness (QED) is 0.444. The maximum Gasteiger partial charge on any atom is 0.262 e. The second-order valence-electron chi connectivity index (χ2n) is 5.96. The molecular weight excluding hydrogens is 374 g/mol. The minimum absolute atomic E-state index is 0.0175. The third kappa shape index (κ3) is 3.95. The van der Waals surface area contributed by atoms with E-state index in [1.165, 1.54) is 16.3 Å². The Morgan fingerprint density at radius 1 is 1.46 bits per heavy atom. The number of ether oxygens (including phenoxy) is 1. The monoisotopic (exact) mass is 393 g/mol. The fourth-order valence-corrected chi connectivity index (χ4v) is 3.97. The molecular formula is C18H20ClN3O3S. The van der Waals surface area contributed by atoms with Crippen LogP contribution in [0.25, 0.3) is 10.9 Å². The lowest BCUT2D eigenvalue weighted by molar-refractivity contribution is -0.134. The minimum Gasteiger partial charge on any atom is -0.378 e. The van der Waals surface area contributed by atoms with Crippen molar-refractivity contribution in [3.63, 3.8) is 0 Å². The topological polar surface area (TPSA) is 64.4 Å². The Kier molecular flexibility index (Phi) is 6.01. The molecule has 0 N–H and O–H groups in total. The van der Waals surface area contributed by atoms with Crippen molar-refractivity contribution < 1.29 is 9.53 Å². The molecule has 138 valence electrons. The summed E-state index contributed by atoms with van der Waals surface area (Å²) >= 11 is 7.31. The van der Waals surface area contributed by atoms with Gasteiger partial charge >= 0.3 is 0 Å². The van der Waals surface area contributed by atoms with Gasteiger partial charge in [-0.1, -0.05) is 29.4 Å². The molecule has 0 saturated carbocycles. The molecule has 1 unspecified atom stereocenters. The maximum absolute atomic E-state index is 12.8. The molecule has 2 heterocycles. The Labute approximate surface area is 160 Å². The molecule has 0 bridgehead atoms. The van der Waals surface area contributed by atoms with Crippen LogP contribution in [-0.2, 0) is 16.1 Å². The molecule has 1 aliphatic rings. The van der Waals surface area contributed by atoms with Crippen LogP contribution in [0.2, 0.25) is 5.02 Å². The highest BCUT2D eigenvalue weighted by atomic mass is 35.5. The smallest absolute Gasteiger partial charge is 0.262 e. The zero-order valence-corrected chi connectivity index (χ0v) is 16.1. The zero-order valence-electron chi connectivity index (χ0n) is 14.5. The van der Waals surface area contributed by atoms with Crippen molar-refractivity contribution in [1.82, 2.24) is 14.5 Å². The summed E-state index contributed by atoms with van der Waals surface area (Å²) in [4.78, 5) is 31.8. The number of amides is 1. The van der Waals surface area contributed by atoms with E-state index < -0.39 is 0 Å². The molecule has 1 atom stereocenters. The molecule has 0 aliphatic carbocycles. The van der Waals surface area contributed by atoms with Gasteiger partial charge in [0.1, 0.15) is 0 Å². The molecule has 1 saturated heterocycles. The lowest BCUT2D eigenvalue weighted by Crippen LogP contribution is -2.44. The van der Waals surface area contributed by atoms with Gasteiger partial charge in [0, 0.05) is 24.7 Å². The number of hydrogen-bond acceptors (Lipinski definition) is 5. The first-order valence-corrected chi connectivity index (χ1v) is 9.61. The molecule has 1 amide bonds. The van der Waals surface area contributed by atoms with Crippen LogP contribution in [-0.4, -0.2) is 51.9 Å². The molecule has 0 spiro atoms. The molecule has 1 aromatic carbocycles. The van der Waals surface area contributed by atoms with Crippen molar-refractivity contribution in [2.24, 2.45) is 0 Å². The van der Waals surface area contributed by atoms with Gasteiger partial charge in [-0.15, -0.1) is 6.58 Å². The number of thioether (sulfide) groups is 1. The summed E-state index contributed by atoms with van der Waals surface area (Å²) in [7, 11) is 0. The summed E-state index contributed by atoms with van der Waals surface area (Å²) in [6, 6.07) is 5.00. The molecule has 1 fully saturated rings. The van der Waals surface area contributed by atoms with E-state index in [0.29, 0.717) is 53.9 Å². The lowest BCUT2D eigenvalue weighted by atomic mass is 10.2. The standard InChI is InChI=1S/C18H20ClN3O3S/c1-3-6-22-17(24)14-5-4-13(19)11-15(14)20-18(22)26-12(2)16(23)21-7-9-25-10-8-21/h3-5,11-12H,1,6-10H2,2H3. The first-order chi connectivity index (χ1) is 12.5. The van der Waals surface area contributed by atoms with Crippen LogP contribution in [0.5, 0.6) is 0 Å². The van der Waals surface area contributed by atoms with E-state index in [0.717, 1.165) is 0 Å². The van der Waals surface area contributed by atoms with E-state index in [4.69, 9.17) is 16.3 Å². The summed E-state index contributed by atoms with van der Waals surface area (Å²) in [5.41, 5.74) is 0.358. The first-order valence-electron chi connectivity index (χ1n) is 8.35. The summed E-state index contributed by atoms with van der Waals surface area (Å²) in [6.07, 6.45) is 1.64. The third-order valence-electron chi connectivity index (χ3n) is 4.15. The lowest BCUT2D eigenvalue weighted by Gasteiger charge is -2.29. The Hall–Kier alpha value is -1.83. The second-order valence-corrected chi connectivity index (χ2v) is 7.70. The predicted molar refractivity (Wildman–Crippen MR) is 104 cm³/mol. The summed E-state index contributed by atoms with van der Waals surface area (Å²) in [6.45, 7) is 8.15. The number of rotatable bonds is 5. The highest BCUT2D eigenvalue weighted by molar-refractivity contribution is 8.00. The second kappa shape index (κ2) is 8.24. The Balaban J connectivity index is 1.94. The number of allylic oxidation sites excluding steroid dienone is 1. The van der Waals surface area contributed by atoms with Crippen molar-refractivity contribution in [3.8, 4) is 0 Å². The Morgan fingerprint density at radius 3 is 2.88 bits per heavy atom. The number of morpholine rings is 1. The van der Waals surface area contributed by atoms with E-state index in [-0.39, 0.29) is 16.7 Å². The molecule has 3 rings (SSSR count). The Morgan fingerprint density at radius 2 is 2.19 bits per heavy atom. The molecule has 2 aromatic rings. The number of fused-ring (bicyclic) bond motifs is 1. The highest BCUT2D eigenvalue weighted by Crippen LogP contribution is 2.25. The van der Waals surface area contributed by atoms with Crippen LogP contribution < -0.4 is 5.56 Å². The molecule has 6 nitrogen and oxygen atoms in total. The average Bonchev–Trinajstić information content (AvgIpc) is 2.64. The van der Waals surface area contributed by atoms with Gasteiger partial charge in [0.15, 0.2) is 5.16 Å². The van der Waals surface area contributed by atoms with Crippen molar-refractivity contribution in [3.05, 3.63) is 46.2 Å².